The molecule has 0 amide bonds. The molecule has 0 bridgehead atoms. The highest BCUT2D eigenvalue weighted by Gasteiger charge is 2.27. The van der Waals surface area contributed by atoms with E-state index in [4.69, 9.17) is 9.16 Å². The van der Waals surface area contributed by atoms with Crippen LogP contribution in [0.2, 0.25) is 19.6 Å². The van der Waals surface area contributed by atoms with Gasteiger partial charge in [0.05, 0.1) is 5.41 Å². The number of benzene rings is 1. The molecule has 0 unspecified atom stereocenters. The van der Waals surface area contributed by atoms with E-state index in [0.717, 1.165) is 12.2 Å². The van der Waals surface area contributed by atoms with Gasteiger partial charge in [-0.2, -0.15) is 0 Å². The summed E-state index contributed by atoms with van der Waals surface area (Å²) in [6.45, 7) is 12.1. The number of rotatable bonds is 5. The standard InChI is InChI=1S/C15H24O3Si/c1-7-15(2,3)14(16)17-12-8-10-13(11-9-12)18-19(4,5)6/h8-11H,7H2,1-6H3. The SMILES string of the molecule is CCC(C)(C)C(=O)Oc1ccc(O[Si](C)(C)C)cc1. The third kappa shape index (κ3) is 5.07. The molecule has 0 radical (unpaired) electrons. The van der Waals surface area contributed by atoms with Gasteiger partial charge in [0.15, 0.2) is 0 Å². The number of carbonyl (C=O) groups is 1. The average molecular weight is 280 g/mol. The summed E-state index contributed by atoms with van der Waals surface area (Å²) in [7, 11) is -1.59. The Kier molecular flexibility index (Phi) is 4.79. The predicted molar refractivity (Wildman–Crippen MR) is 80.1 cm³/mol. The van der Waals surface area contributed by atoms with Crippen LogP contribution in [0.1, 0.15) is 27.2 Å². The normalized spacial score (nSPS) is 12.1. The van der Waals surface area contributed by atoms with Crippen molar-refractivity contribution < 1.29 is 14.0 Å². The van der Waals surface area contributed by atoms with E-state index >= 15 is 0 Å². The first kappa shape index (κ1) is 15.8. The number of esters is 1. The smallest absolute Gasteiger partial charge is 0.316 e. The van der Waals surface area contributed by atoms with E-state index in [-0.39, 0.29) is 5.97 Å². The van der Waals surface area contributed by atoms with E-state index in [1.807, 2.05) is 32.9 Å². The van der Waals surface area contributed by atoms with Crippen LogP contribution in [0.5, 0.6) is 11.5 Å². The van der Waals surface area contributed by atoms with Gasteiger partial charge in [0.2, 0.25) is 8.32 Å². The van der Waals surface area contributed by atoms with Gasteiger partial charge in [-0.05, 0) is 64.2 Å². The van der Waals surface area contributed by atoms with Crippen LogP contribution in [0.3, 0.4) is 0 Å². The Morgan fingerprint density at radius 2 is 1.58 bits per heavy atom. The van der Waals surface area contributed by atoms with Gasteiger partial charge in [-0.15, -0.1) is 0 Å². The van der Waals surface area contributed by atoms with E-state index in [0.29, 0.717) is 5.75 Å². The first-order valence-electron chi connectivity index (χ1n) is 6.65. The molecule has 0 fully saturated rings. The fourth-order valence-electron chi connectivity index (χ4n) is 1.32. The summed E-state index contributed by atoms with van der Waals surface area (Å²) >= 11 is 0. The quantitative estimate of drug-likeness (QED) is 0.460. The molecule has 0 saturated heterocycles. The predicted octanol–water partition coefficient (Wildman–Crippen LogP) is 4.24. The van der Waals surface area contributed by atoms with Gasteiger partial charge in [0.25, 0.3) is 0 Å². The summed E-state index contributed by atoms with van der Waals surface area (Å²) < 4.78 is 11.2. The van der Waals surface area contributed by atoms with E-state index in [1.165, 1.54) is 0 Å². The van der Waals surface area contributed by atoms with E-state index in [1.54, 1.807) is 12.1 Å². The first-order valence-corrected chi connectivity index (χ1v) is 10.1. The van der Waals surface area contributed by atoms with Gasteiger partial charge in [-0.3, -0.25) is 4.79 Å². The second-order valence-electron chi connectivity index (χ2n) is 6.31. The topological polar surface area (TPSA) is 35.5 Å². The molecule has 0 N–H and O–H groups in total. The molecule has 19 heavy (non-hydrogen) atoms. The molecule has 0 aliphatic rings. The fraction of sp³-hybridized carbons (Fsp3) is 0.533. The van der Waals surface area contributed by atoms with E-state index < -0.39 is 13.7 Å². The minimum Gasteiger partial charge on any atom is -0.544 e. The Morgan fingerprint density at radius 3 is 2.00 bits per heavy atom. The molecule has 0 aliphatic heterocycles. The van der Waals surface area contributed by atoms with Crippen LogP contribution in [-0.2, 0) is 4.79 Å². The maximum atomic E-state index is 11.9. The molecular formula is C15H24O3Si. The highest BCUT2D eigenvalue weighted by molar-refractivity contribution is 6.70. The zero-order valence-electron chi connectivity index (χ0n) is 12.7. The van der Waals surface area contributed by atoms with Crippen molar-refractivity contribution in [3.63, 3.8) is 0 Å². The Labute approximate surface area is 117 Å². The van der Waals surface area contributed by atoms with Crippen molar-refractivity contribution in [1.82, 2.24) is 0 Å². The summed E-state index contributed by atoms with van der Waals surface area (Å²) in [4.78, 5) is 11.9. The lowest BCUT2D eigenvalue weighted by Crippen LogP contribution is -2.29. The number of carbonyl (C=O) groups excluding carboxylic acids is 1. The molecule has 1 rings (SSSR count). The largest absolute Gasteiger partial charge is 0.544 e. The minimum absolute atomic E-state index is 0.200. The third-order valence-corrected chi connectivity index (χ3v) is 3.74. The molecule has 0 heterocycles. The van der Waals surface area contributed by atoms with Crippen molar-refractivity contribution in [2.45, 2.75) is 46.8 Å². The summed E-state index contributed by atoms with van der Waals surface area (Å²) in [5.41, 5.74) is -0.451. The van der Waals surface area contributed by atoms with Crippen LogP contribution in [0.15, 0.2) is 24.3 Å². The van der Waals surface area contributed by atoms with Crippen LogP contribution < -0.4 is 9.16 Å². The lowest BCUT2D eigenvalue weighted by atomic mass is 9.91. The minimum atomic E-state index is -1.59. The fourth-order valence-corrected chi connectivity index (χ4v) is 2.16. The lowest BCUT2D eigenvalue weighted by Gasteiger charge is -2.21. The Hall–Kier alpha value is -1.29. The zero-order valence-corrected chi connectivity index (χ0v) is 13.7. The molecule has 4 heteroatoms. The third-order valence-electron chi connectivity index (χ3n) is 2.89. The van der Waals surface area contributed by atoms with Crippen molar-refractivity contribution in [2.24, 2.45) is 5.41 Å². The molecule has 3 nitrogen and oxygen atoms in total. The van der Waals surface area contributed by atoms with Crippen LogP contribution in [0.4, 0.5) is 0 Å². The number of hydrogen-bond donors (Lipinski definition) is 0. The van der Waals surface area contributed by atoms with Crippen molar-refractivity contribution >= 4 is 14.3 Å². The van der Waals surface area contributed by atoms with Crippen molar-refractivity contribution in [3.05, 3.63) is 24.3 Å². The summed E-state index contributed by atoms with van der Waals surface area (Å²) in [5.74, 6) is 1.19. The average Bonchev–Trinajstić information content (AvgIpc) is 2.29. The van der Waals surface area contributed by atoms with Crippen LogP contribution in [0.25, 0.3) is 0 Å². The van der Waals surface area contributed by atoms with Crippen LogP contribution in [0, 0.1) is 5.41 Å². The molecule has 1 aromatic carbocycles. The molecule has 0 aromatic heterocycles. The van der Waals surface area contributed by atoms with Gasteiger partial charge in [0, 0.05) is 0 Å². The molecule has 1 aromatic rings. The number of hydrogen-bond acceptors (Lipinski definition) is 3. The molecule has 106 valence electrons. The van der Waals surface area contributed by atoms with Crippen molar-refractivity contribution in [2.75, 3.05) is 0 Å². The van der Waals surface area contributed by atoms with Crippen LogP contribution >= 0.6 is 0 Å². The summed E-state index contributed by atoms with van der Waals surface area (Å²) in [6, 6.07) is 7.25. The van der Waals surface area contributed by atoms with E-state index in [2.05, 4.69) is 19.6 Å². The summed E-state index contributed by atoms with van der Waals surface area (Å²) in [5, 5.41) is 0. The maximum absolute atomic E-state index is 11.9. The van der Waals surface area contributed by atoms with Crippen LogP contribution in [-0.4, -0.2) is 14.3 Å². The van der Waals surface area contributed by atoms with Gasteiger partial charge in [-0.25, -0.2) is 0 Å². The number of ether oxygens (including phenoxy) is 1. The van der Waals surface area contributed by atoms with Gasteiger partial charge in [-0.1, -0.05) is 6.92 Å². The summed E-state index contributed by atoms with van der Waals surface area (Å²) in [6.07, 6.45) is 0.753. The molecule has 0 spiro atoms. The second-order valence-corrected chi connectivity index (χ2v) is 10.7. The van der Waals surface area contributed by atoms with Gasteiger partial charge >= 0.3 is 5.97 Å². The molecule has 0 atom stereocenters. The molecular weight excluding hydrogens is 256 g/mol. The Bertz CT molecular complexity index is 430. The van der Waals surface area contributed by atoms with E-state index in [9.17, 15) is 4.79 Å². The highest BCUT2D eigenvalue weighted by Crippen LogP contribution is 2.25. The second kappa shape index (κ2) is 5.78. The first-order chi connectivity index (χ1) is 8.64. The van der Waals surface area contributed by atoms with Gasteiger partial charge < -0.3 is 9.16 Å². The molecule has 0 aliphatic carbocycles. The maximum Gasteiger partial charge on any atom is 0.316 e. The molecule has 0 saturated carbocycles. The monoisotopic (exact) mass is 280 g/mol. The Morgan fingerprint density at radius 1 is 1.11 bits per heavy atom. The van der Waals surface area contributed by atoms with Crippen molar-refractivity contribution in [3.8, 4) is 11.5 Å². The van der Waals surface area contributed by atoms with Crippen molar-refractivity contribution in [1.29, 1.82) is 0 Å². The lowest BCUT2D eigenvalue weighted by molar-refractivity contribution is -0.144. The van der Waals surface area contributed by atoms with Gasteiger partial charge in [0.1, 0.15) is 11.5 Å². The Balaban J connectivity index is 2.70. The zero-order chi connectivity index (χ0) is 14.7. The highest BCUT2D eigenvalue weighted by atomic mass is 28.4.